The predicted octanol–water partition coefficient (Wildman–Crippen LogP) is 0.471. The zero-order chi connectivity index (χ0) is 15.6. The molecule has 0 aliphatic rings. The number of carbonyl (C=O) groups excluding carboxylic acids is 1. The van der Waals surface area contributed by atoms with Crippen LogP contribution in [-0.4, -0.2) is 62.8 Å². The Kier molecular flexibility index (Phi) is 8.68. The van der Waals surface area contributed by atoms with Crippen LogP contribution < -0.4 is 5.32 Å². The number of unbranched alkanes of at least 4 members (excludes halogenated alkanes) is 2. The third-order valence-corrected chi connectivity index (χ3v) is 3.87. The van der Waals surface area contributed by atoms with Crippen LogP contribution in [0.3, 0.4) is 0 Å². The van der Waals surface area contributed by atoms with Crippen LogP contribution in [0.2, 0.25) is 0 Å². The maximum absolute atomic E-state index is 11.0. The maximum atomic E-state index is 11.0. The predicted molar refractivity (Wildman–Crippen MR) is 78.1 cm³/mol. The van der Waals surface area contributed by atoms with E-state index in [0.717, 1.165) is 36.8 Å². The van der Waals surface area contributed by atoms with Crippen molar-refractivity contribution in [3.8, 4) is 0 Å². The number of nitrogens with one attached hydrogen (secondary N) is 1. The van der Waals surface area contributed by atoms with E-state index in [-0.39, 0.29) is 11.7 Å². The first-order valence-electron chi connectivity index (χ1n) is 6.82. The first-order chi connectivity index (χ1) is 9.16. The number of amides is 1. The van der Waals surface area contributed by atoms with Crippen LogP contribution >= 0.6 is 0 Å². The molecule has 0 unspecified atom stereocenters. The third-order valence-electron chi connectivity index (χ3n) is 3.08. The van der Waals surface area contributed by atoms with E-state index in [1.165, 1.54) is 6.08 Å². The van der Waals surface area contributed by atoms with E-state index in [9.17, 15) is 17.8 Å². The van der Waals surface area contributed by atoms with Crippen LogP contribution in [0, 0.1) is 0 Å². The van der Waals surface area contributed by atoms with Crippen molar-refractivity contribution in [2.75, 3.05) is 39.5 Å². The van der Waals surface area contributed by atoms with Crippen molar-refractivity contribution in [1.29, 1.82) is 0 Å². The van der Waals surface area contributed by atoms with E-state index in [0.29, 0.717) is 13.0 Å². The fourth-order valence-electron chi connectivity index (χ4n) is 1.90. The van der Waals surface area contributed by atoms with E-state index >= 15 is 0 Å². The van der Waals surface area contributed by atoms with Crippen LogP contribution in [0.25, 0.3) is 0 Å². The standard InChI is InChI=1S/C13H26N2O4S/c1-4-13(16)14-9-8-11-15(2,3)10-6-5-7-12-20(17,18)19/h4H,1,5-12H2,2-3H3,(H-,14,16,17,18,19). The van der Waals surface area contributed by atoms with E-state index in [1.807, 2.05) is 0 Å². The first-order valence-corrected chi connectivity index (χ1v) is 8.40. The second-order valence-corrected chi connectivity index (χ2v) is 7.08. The lowest BCUT2D eigenvalue weighted by atomic mass is 10.2. The molecule has 0 bridgehead atoms. The molecule has 0 spiro atoms. The molecule has 0 aliphatic carbocycles. The molecule has 0 saturated heterocycles. The average molecular weight is 306 g/mol. The van der Waals surface area contributed by atoms with Gasteiger partial charge in [0.1, 0.15) is 0 Å². The SMILES string of the molecule is C=CC(=O)NCCC[N+](C)(C)CCCCCS(=O)(=O)[O-]. The van der Waals surface area contributed by atoms with Gasteiger partial charge in [0.25, 0.3) is 0 Å². The highest BCUT2D eigenvalue weighted by molar-refractivity contribution is 7.85. The highest BCUT2D eigenvalue weighted by Gasteiger charge is 2.13. The smallest absolute Gasteiger partial charge is 0.243 e. The summed E-state index contributed by atoms with van der Waals surface area (Å²) < 4.78 is 32.1. The van der Waals surface area contributed by atoms with Crippen LogP contribution in [0.4, 0.5) is 0 Å². The van der Waals surface area contributed by atoms with Gasteiger partial charge < -0.3 is 14.4 Å². The Morgan fingerprint density at radius 2 is 1.80 bits per heavy atom. The number of carbonyl (C=O) groups is 1. The Bertz CT molecular complexity index is 405. The molecule has 0 atom stereocenters. The molecule has 0 rings (SSSR count). The van der Waals surface area contributed by atoms with Crippen LogP contribution in [0.15, 0.2) is 12.7 Å². The van der Waals surface area contributed by atoms with Crippen molar-refractivity contribution >= 4 is 16.0 Å². The number of quaternary nitrogens is 1. The lowest BCUT2D eigenvalue weighted by Crippen LogP contribution is -2.42. The molecular formula is C13H26N2O4S. The summed E-state index contributed by atoms with van der Waals surface area (Å²) in [4.78, 5) is 11.0. The molecule has 0 saturated carbocycles. The summed E-state index contributed by atoms with van der Waals surface area (Å²) in [5.41, 5.74) is 0. The Labute approximate surface area is 122 Å². The number of hydrogen-bond acceptors (Lipinski definition) is 4. The van der Waals surface area contributed by atoms with Gasteiger partial charge in [0.2, 0.25) is 5.91 Å². The number of nitrogens with zero attached hydrogens (tertiary/aromatic N) is 1. The molecule has 0 aliphatic heterocycles. The molecular weight excluding hydrogens is 280 g/mol. The van der Waals surface area contributed by atoms with Gasteiger partial charge in [-0.2, -0.15) is 0 Å². The van der Waals surface area contributed by atoms with Gasteiger partial charge >= 0.3 is 0 Å². The largest absolute Gasteiger partial charge is 0.748 e. The Morgan fingerprint density at radius 1 is 1.20 bits per heavy atom. The second kappa shape index (κ2) is 9.10. The van der Waals surface area contributed by atoms with Gasteiger partial charge in [-0.15, -0.1) is 0 Å². The molecule has 1 N–H and O–H groups in total. The van der Waals surface area contributed by atoms with Gasteiger partial charge in [-0.25, -0.2) is 8.42 Å². The van der Waals surface area contributed by atoms with Crippen molar-refractivity contribution < 1.29 is 22.2 Å². The fourth-order valence-corrected chi connectivity index (χ4v) is 2.46. The van der Waals surface area contributed by atoms with Gasteiger partial charge in [-0.1, -0.05) is 6.58 Å². The summed E-state index contributed by atoms with van der Waals surface area (Å²) >= 11 is 0. The first kappa shape index (κ1) is 19.1. The van der Waals surface area contributed by atoms with E-state index in [1.54, 1.807) is 0 Å². The molecule has 7 heteroatoms. The molecule has 0 fully saturated rings. The molecule has 0 aromatic heterocycles. The van der Waals surface area contributed by atoms with Gasteiger partial charge in [0.05, 0.1) is 37.3 Å². The highest BCUT2D eigenvalue weighted by Crippen LogP contribution is 2.05. The third kappa shape index (κ3) is 12.1. The summed E-state index contributed by atoms with van der Waals surface area (Å²) in [7, 11) is 0.122. The molecule has 118 valence electrons. The van der Waals surface area contributed by atoms with E-state index in [4.69, 9.17) is 0 Å². The van der Waals surface area contributed by atoms with Crippen molar-refractivity contribution in [3.05, 3.63) is 12.7 Å². The van der Waals surface area contributed by atoms with E-state index < -0.39 is 10.1 Å². The number of hydrogen-bond donors (Lipinski definition) is 1. The number of rotatable bonds is 11. The van der Waals surface area contributed by atoms with Crippen molar-refractivity contribution in [2.24, 2.45) is 0 Å². The summed E-state index contributed by atoms with van der Waals surface area (Å²) in [5, 5.41) is 2.73. The van der Waals surface area contributed by atoms with Crippen molar-refractivity contribution in [3.63, 3.8) is 0 Å². The van der Waals surface area contributed by atoms with Gasteiger partial charge in [-0.3, -0.25) is 4.79 Å². The lowest BCUT2D eigenvalue weighted by Gasteiger charge is -2.30. The summed E-state index contributed by atoms with van der Waals surface area (Å²) in [5.74, 6) is -0.428. The molecule has 0 heterocycles. The minimum atomic E-state index is -4.07. The minimum Gasteiger partial charge on any atom is -0.748 e. The Hall–Kier alpha value is -0.920. The maximum Gasteiger partial charge on any atom is 0.243 e. The van der Waals surface area contributed by atoms with Crippen LogP contribution in [0.5, 0.6) is 0 Å². The lowest BCUT2D eigenvalue weighted by molar-refractivity contribution is -0.890. The van der Waals surface area contributed by atoms with Gasteiger partial charge in [0.15, 0.2) is 0 Å². The zero-order valence-electron chi connectivity index (χ0n) is 12.4. The highest BCUT2D eigenvalue weighted by atomic mass is 32.2. The molecule has 20 heavy (non-hydrogen) atoms. The summed E-state index contributed by atoms with van der Waals surface area (Å²) in [6.45, 7) is 5.86. The van der Waals surface area contributed by atoms with Gasteiger partial charge in [-0.05, 0) is 25.3 Å². The van der Waals surface area contributed by atoms with E-state index in [2.05, 4.69) is 26.0 Å². The second-order valence-electron chi connectivity index (χ2n) is 5.55. The van der Waals surface area contributed by atoms with Crippen LogP contribution in [0.1, 0.15) is 25.7 Å². The quantitative estimate of drug-likeness (QED) is 0.260. The van der Waals surface area contributed by atoms with Crippen LogP contribution in [-0.2, 0) is 14.9 Å². The summed E-state index contributed by atoms with van der Waals surface area (Å²) in [6, 6.07) is 0. The van der Waals surface area contributed by atoms with Crippen molar-refractivity contribution in [2.45, 2.75) is 25.7 Å². The summed E-state index contributed by atoms with van der Waals surface area (Å²) in [6.07, 6.45) is 4.20. The monoisotopic (exact) mass is 306 g/mol. The molecule has 0 aromatic rings. The molecule has 0 aromatic carbocycles. The molecule has 1 amide bonds. The Balaban J connectivity index is 3.68. The minimum absolute atomic E-state index is 0.158. The molecule has 0 radical (unpaired) electrons. The zero-order valence-corrected chi connectivity index (χ0v) is 13.2. The van der Waals surface area contributed by atoms with Crippen molar-refractivity contribution in [1.82, 2.24) is 5.32 Å². The fraction of sp³-hybridized carbons (Fsp3) is 0.769. The Morgan fingerprint density at radius 3 is 2.35 bits per heavy atom. The topological polar surface area (TPSA) is 86.3 Å². The van der Waals surface area contributed by atoms with Gasteiger partial charge in [0, 0.05) is 18.7 Å². The normalized spacial score (nSPS) is 12.2. The average Bonchev–Trinajstić information content (AvgIpc) is 2.32. The molecule has 6 nitrogen and oxygen atoms in total.